The Morgan fingerprint density at radius 2 is 1.55 bits per heavy atom. The van der Waals surface area contributed by atoms with E-state index in [0.717, 1.165) is 5.56 Å². The number of aromatic nitrogens is 1. The van der Waals surface area contributed by atoms with Gasteiger partial charge in [-0.25, -0.2) is 9.78 Å². The second-order valence-corrected chi connectivity index (χ2v) is 7.60. The number of benzene rings is 3. The first kappa shape index (κ1) is 21.9. The predicted molar refractivity (Wildman–Crippen MR) is 127 cm³/mol. The van der Waals surface area contributed by atoms with E-state index in [9.17, 15) is 14.4 Å². The lowest BCUT2D eigenvalue weighted by atomic mass is 9.98. The lowest BCUT2D eigenvalue weighted by molar-refractivity contribution is -0.119. The Morgan fingerprint density at radius 1 is 0.879 bits per heavy atom. The van der Waals surface area contributed by atoms with Gasteiger partial charge >= 0.3 is 5.97 Å². The lowest BCUT2D eigenvalue weighted by Crippen LogP contribution is -2.21. The maximum Gasteiger partial charge on any atom is 0.339 e. The normalized spacial score (nSPS) is 10.6. The van der Waals surface area contributed by atoms with Crippen molar-refractivity contribution < 1.29 is 19.1 Å². The maximum atomic E-state index is 13.1. The van der Waals surface area contributed by atoms with Gasteiger partial charge in [-0.3, -0.25) is 9.59 Å². The minimum Gasteiger partial charge on any atom is -0.452 e. The largest absolute Gasteiger partial charge is 0.452 e. The maximum absolute atomic E-state index is 13.1. The van der Waals surface area contributed by atoms with Gasteiger partial charge in [0, 0.05) is 22.2 Å². The van der Waals surface area contributed by atoms with E-state index < -0.39 is 18.5 Å². The molecule has 0 atom stereocenters. The van der Waals surface area contributed by atoms with Crippen LogP contribution in [0.4, 0.5) is 5.69 Å². The summed E-state index contributed by atoms with van der Waals surface area (Å²) in [6.45, 7) is 2.86. The van der Waals surface area contributed by atoms with Crippen molar-refractivity contribution in [3.05, 3.63) is 95.6 Å². The number of nitrogens with one attached hydrogen (secondary N) is 1. The van der Waals surface area contributed by atoms with Gasteiger partial charge in [-0.15, -0.1) is 0 Å². The molecular formula is C27H22N2O4. The van der Waals surface area contributed by atoms with Crippen molar-refractivity contribution >= 4 is 34.3 Å². The van der Waals surface area contributed by atoms with Crippen LogP contribution in [0.15, 0.2) is 78.9 Å². The van der Waals surface area contributed by atoms with E-state index in [1.807, 2.05) is 61.5 Å². The molecule has 0 spiro atoms. The molecule has 0 aliphatic carbocycles. The quantitative estimate of drug-likeness (QED) is 0.330. The molecule has 0 bridgehead atoms. The van der Waals surface area contributed by atoms with Crippen LogP contribution in [0.2, 0.25) is 0 Å². The molecule has 1 amide bonds. The SMILES string of the molecule is CC(=O)c1ccc(NC(=O)COC(=O)c2c(C)c(-c3ccccc3)nc3ccccc23)cc1. The highest BCUT2D eigenvalue weighted by Crippen LogP contribution is 2.30. The molecule has 33 heavy (non-hydrogen) atoms. The van der Waals surface area contributed by atoms with Crippen molar-refractivity contribution in [2.45, 2.75) is 13.8 Å². The molecule has 1 heterocycles. The summed E-state index contributed by atoms with van der Waals surface area (Å²) in [7, 11) is 0. The van der Waals surface area contributed by atoms with Crippen LogP contribution < -0.4 is 5.32 Å². The third-order valence-electron chi connectivity index (χ3n) is 5.30. The molecule has 6 heteroatoms. The molecule has 0 saturated heterocycles. The Morgan fingerprint density at radius 3 is 2.24 bits per heavy atom. The third kappa shape index (κ3) is 4.80. The molecule has 6 nitrogen and oxygen atoms in total. The summed E-state index contributed by atoms with van der Waals surface area (Å²) in [6, 6.07) is 23.5. The van der Waals surface area contributed by atoms with Crippen molar-refractivity contribution in [3.8, 4) is 11.3 Å². The number of esters is 1. The zero-order chi connectivity index (χ0) is 23.4. The second kappa shape index (κ2) is 9.44. The van der Waals surface area contributed by atoms with Gasteiger partial charge in [0.2, 0.25) is 0 Å². The molecule has 0 aliphatic rings. The standard InChI is InChI=1S/C27H22N2O4/c1-17-25(22-10-6-7-11-23(22)29-26(17)20-8-4-3-5-9-20)27(32)33-16-24(31)28-21-14-12-19(13-15-21)18(2)30/h3-15H,16H2,1-2H3,(H,28,31). The Kier molecular flexibility index (Phi) is 6.26. The minimum absolute atomic E-state index is 0.0587. The van der Waals surface area contributed by atoms with Gasteiger partial charge in [0.1, 0.15) is 0 Å². The number of fused-ring (bicyclic) bond motifs is 1. The molecule has 0 saturated carbocycles. The highest BCUT2D eigenvalue weighted by Gasteiger charge is 2.21. The molecule has 1 aromatic heterocycles. The van der Waals surface area contributed by atoms with E-state index in [-0.39, 0.29) is 5.78 Å². The van der Waals surface area contributed by atoms with Crippen LogP contribution in [-0.4, -0.2) is 29.3 Å². The van der Waals surface area contributed by atoms with Crippen LogP contribution >= 0.6 is 0 Å². The topological polar surface area (TPSA) is 85.4 Å². The fourth-order valence-corrected chi connectivity index (χ4v) is 3.64. The molecule has 0 aliphatic heterocycles. The van der Waals surface area contributed by atoms with Gasteiger partial charge < -0.3 is 10.1 Å². The number of pyridine rings is 1. The predicted octanol–water partition coefficient (Wildman–Crippen LogP) is 5.21. The Balaban J connectivity index is 1.56. The smallest absolute Gasteiger partial charge is 0.339 e. The first-order valence-corrected chi connectivity index (χ1v) is 10.5. The van der Waals surface area contributed by atoms with Gasteiger partial charge in [0.15, 0.2) is 12.4 Å². The van der Waals surface area contributed by atoms with Crippen molar-refractivity contribution in [1.29, 1.82) is 0 Å². The van der Waals surface area contributed by atoms with Crippen LogP contribution in [0, 0.1) is 6.92 Å². The van der Waals surface area contributed by atoms with E-state index in [1.54, 1.807) is 24.3 Å². The summed E-state index contributed by atoms with van der Waals surface area (Å²) >= 11 is 0. The molecule has 0 fully saturated rings. The summed E-state index contributed by atoms with van der Waals surface area (Å²) in [4.78, 5) is 41.5. The fourth-order valence-electron chi connectivity index (χ4n) is 3.64. The summed E-state index contributed by atoms with van der Waals surface area (Å²) in [5, 5.41) is 3.33. The minimum atomic E-state index is -0.592. The molecule has 164 valence electrons. The molecule has 3 aromatic carbocycles. The van der Waals surface area contributed by atoms with Crippen LogP contribution in [0.5, 0.6) is 0 Å². The van der Waals surface area contributed by atoms with Gasteiger partial charge in [-0.1, -0.05) is 48.5 Å². The van der Waals surface area contributed by atoms with Gasteiger partial charge in [0.25, 0.3) is 5.91 Å². The number of para-hydroxylation sites is 1. The fraction of sp³-hybridized carbons (Fsp3) is 0.111. The first-order chi connectivity index (χ1) is 15.9. The highest BCUT2D eigenvalue weighted by atomic mass is 16.5. The van der Waals surface area contributed by atoms with Gasteiger partial charge in [-0.05, 0) is 49.7 Å². The number of carbonyl (C=O) groups excluding carboxylic acids is 3. The van der Waals surface area contributed by atoms with Crippen LogP contribution in [-0.2, 0) is 9.53 Å². The number of anilines is 1. The monoisotopic (exact) mass is 438 g/mol. The molecule has 1 N–H and O–H groups in total. The summed E-state index contributed by atoms with van der Waals surface area (Å²) in [6.07, 6.45) is 0. The molecule has 4 rings (SSSR count). The first-order valence-electron chi connectivity index (χ1n) is 10.5. The van der Waals surface area contributed by atoms with E-state index >= 15 is 0 Å². The van der Waals surface area contributed by atoms with Crippen molar-refractivity contribution in [1.82, 2.24) is 4.98 Å². The molecular weight excluding hydrogens is 416 g/mol. The summed E-state index contributed by atoms with van der Waals surface area (Å²) < 4.78 is 5.37. The Hall–Kier alpha value is -4.32. The number of ether oxygens (including phenoxy) is 1. The van der Waals surface area contributed by atoms with E-state index in [0.29, 0.717) is 39.0 Å². The number of nitrogens with zero attached hydrogens (tertiary/aromatic N) is 1. The number of hydrogen-bond acceptors (Lipinski definition) is 5. The van der Waals surface area contributed by atoms with Crippen molar-refractivity contribution in [3.63, 3.8) is 0 Å². The second-order valence-electron chi connectivity index (χ2n) is 7.60. The van der Waals surface area contributed by atoms with E-state index in [4.69, 9.17) is 9.72 Å². The van der Waals surface area contributed by atoms with E-state index in [2.05, 4.69) is 5.32 Å². The zero-order valence-electron chi connectivity index (χ0n) is 18.3. The van der Waals surface area contributed by atoms with E-state index in [1.165, 1.54) is 6.92 Å². The van der Waals surface area contributed by atoms with Gasteiger partial charge in [0.05, 0.1) is 16.8 Å². The van der Waals surface area contributed by atoms with Crippen molar-refractivity contribution in [2.24, 2.45) is 0 Å². The highest BCUT2D eigenvalue weighted by molar-refractivity contribution is 6.07. The number of carbonyl (C=O) groups is 3. The third-order valence-corrected chi connectivity index (χ3v) is 5.30. The number of Topliss-reactive ketones (excluding diaryl/α,β-unsaturated/α-hetero) is 1. The Bertz CT molecular complexity index is 1350. The number of rotatable bonds is 6. The Labute approximate surface area is 191 Å². The van der Waals surface area contributed by atoms with Crippen molar-refractivity contribution in [2.75, 3.05) is 11.9 Å². The number of amides is 1. The lowest BCUT2D eigenvalue weighted by Gasteiger charge is -2.14. The molecule has 0 radical (unpaired) electrons. The van der Waals surface area contributed by atoms with Crippen LogP contribution in [0.3, 0.4) is 0 Å². The average molecular weight is 438 g/mol. The summed E-state index contributed by atoms with van der Waals surface area (Å²) in [5.74, 6) is -1.12. The number of ketones is 1. The zero-order valence-corrected chi connectivity index (χ0v) is 18.3. The molecule has 0 unspecified atom stereocenters. The average Bonchev–Trinajstić information content (AvgIpc) is 2.83. The van der Waals surface area contributed by atoms with Gasteiger partial charge in [-0.2, -0.15) is 0 Å². The molecule has 4 aromatic rings. The van der Waals surface area contributed by atoms with Crippen LogP contribution in [0.25, 0.3) is 22.2 Å². The number of hydrogen-bond donors (Lipinski definition) is 1. The van der Waals surface area contributed by atoms with Crippen LogP contribution in [0.1, 0.15) is 33.2 Å². The summed E-state index contributed by atoms with van der Waals surface area (Å²) in [5.41, 5.74) is 4.39.